The first-order valence-electron chi connectivity index (χ1n) is 4.59. The minimum absolute atomic E-state index is 0.759. The van der Waals surface area contributed by atoms with Gasteiger partial charge in [-0.3, -0.25) is 4.98 Å². The van der Waals surface area contributed by atoms with E-state index >= 15 is 0 Å². The third-order valence-corrected chi connectivity index (χ3v) is 2.06. The smallest absolute Gasteiger partial charge is 0.0312 e. The summed E-state index contributed by atoms with van der Waals surface area (Å²) in [6.07, 6.45) is 5.90. The lowest BCUT2D eigenvalue weighted by atomic mass is 10.3. The maximum Gasteiger partial charge on any atom is 0.0312 e. The second-order valence-electron chi connectivity index (χ2n) is 2.93. The lowest BCUT2D eigenvalue weighted by Crippen LogP contribution is -2.14. The van der Waals surface area contributed by atoms with E-state index in [1.165, 1.54) is 5.56 Å². The Labute approximate surface area is 84.3 Å². The number of nitrogens with one attached hydrogen (secondary N) is 1. The molecule has 0 radical (unpaired) electrons. The van der Waals surface area contributed by atoms with E-state index in [2.05, 4.69) is 16.4 Å². The molecule has 0 aliphatic rings. The fourth-order valence-electron chi connectivity index (χ4n) is 1.08. The molecule has 1 aromatic heterocycles. The molecule has 3 heteroatoms. The summed E-state index contributed by atoms with van der Waals surface area (Å²) in [5, 5.41) is 3.34. The summed E-state index contributed by atoms with van der Waals surface area (Å²) < 4.78 is 0. The lowest BCUT2D eigenvalue weighted by Gasteiger charge is -2.02. The molecule has 1 N–H and O–H groups in total. The predicted molar refractivity (Wildman–Crippen MR) is 55.9 cm³/mol. The van der Waals surface area contributed by atoms with Crippen molar-refractivity contribution in [2.75, 3.05) is 12.4 Å². The SMILES string of the molecule is ClCCCCNCc1cccnc1. The van der Waals surface area contributed by atoms with E-state index in [1.54, 1.807) is 6.20 Å². The Morgan fingerprint density at radius 1 is 1.38 bits per heavy atom. The van der Waals surface area contributed by atoms with Crippen LogP contribution in [-0.4, -0.2) is 17.4 Å². The minimum Gasteiger partial charge on any atom is -0.313 e. The van der Waals surface area contributed by atoms with Crippen molar-refractivity contribution in [3.05, 3.63) is 30.1 Å². The molecule has 1 heterocycles. The summed E-state index contributed by atoms with van der Waals surface area (Å²) in [4.78, 5) is 4.04. The largest absolute Gasteiger partial charge is 0.313 e. The Balaban J connectivity index is 2.07. The highest BCUT2D eigenvalue weighted by atomic mass is 35.5. The van der Waals surface area contributed by atoms with Gasteiger partial charge in [-0.2, -0.15) is 0 Å². The Morgan fingerprint density at radius 2 is 2.31 bits per heavy atom. The van der Waals surface area contributed by atoms with Gasteiger partial charge in [0.25, 0.3) is 0 Å². The van der Waals surface area contributed by atoms with Crippen LogP contribution in [0.1, 0.15) is 18.4 Å². The number of hydrogen-bond acceptors (Lipinski definition) is 2. The first kappa shape index (κ1) is 10.5. The fourth-order valence-corrected chi connectivity index (χ4v) is 1.27. The quantitative estimate of drug-likeness (QED) is 0.560. The molecule has 72 valence electrons. The van der Waals surface area contributed by atoms with E-state index in [4.69, 9.17) is 11.6 Å². The Hall–Kier alpha value is -0.600. The van der Waals surface area contributed by atoms with Crippen molar-refractivity contribution >= 4 is 11.6 Å². The van der Waals surface area contributed by atoms with Crippen molar-refractivity contribution < 1.29 is 0 Å². The second-order valence-corrected chi connectivity index (χ2v) is 3.31. The summed E-state index contributed by atoms with van der Waals surface area (Å²) in [6.45, 7) is 1.93. The standard InChI is InChI=1S/C10H15ClN2/c11-5-1-2-6-12-8-10-4-3-7-13-9-10/h3-4,7,9,12H,1-2,5-6,8H2. The van der Waals surface area contributed by atoms with Crippen LogP contribution in [0.3, 0.4) is 0 Å². The van der Waals surface area contributed by atoms with Crippen molar-refractivity contribution in [1.82, 2.24) is 10.3 Å². The van der Waals surface area contributed by atoms with Crippen LogP contribution in [0.4, 0.5) is 0 Å². The molecule has 1 rings (SSSR count). The normalized spacial score (nSPS) is 10.2. The highest BCUT2D eigenvalue weighted by molar-refractivity contribution is 6.17. The molecular weight excluding hydrogens is 184 g/mol. The number of alkyl halides is 1. The molecule has 0 spiro atoms. The van der Waals surface area contributed by atoms with Crippen LogP contribution in [-0.2, 0) is 6.54 Å². The van der Waals surface area contributed by atoms with E-state index in [-0.39, 0.29) is 0 Å². The van der Waals surface area contributed by atoms with Crippen molar-refractivity contribution in [2.24, 2.45) is 0 Å². The van der Waals surface area contributed by atoms with Gasteiger partial charge in [-0.1, -0.05) is 6.07 Å². The first-order valence-corrected chi connectivity index (χ1v) is 5.12. The number of aromatic nitrogens is 1. The second kappa shape index (κ2) is 6.87. The van der Waals surface area contributed by atoms with Crippen LogP contribution in [0.15, 0.2) is 24.5 Å². The highest BCUT2D eigenvalue weighted by Gasteiger charge is 1.90. The van der Waals surface area contributed by atoms with Crippen LogP contribution in [0.5, 0.6) is 0 Å². The third kappa shape index (κ3) is 4.86. The topological polar surface area (TPSA) is 24.9 Å². The number of halogens is 1. The van der Waals surface area contributed by atoms with Crippen molar-refractivity contribution in [3.8, 4) is 0 Å². The van der Waals surface area contributed by atoms with E-state index in [9.17, 15) is 0 Å². The molecule has 0 saturated heterocycles. The molecule has 0 bridgehead atoms. The van der Waals surface area contributed by atoms with E-state index in [0.29, 0.717) is 0 Å². The van der Waals surface area contributed by atoms with Gasteiger partial charge < -0.3 is 5.32 Å². The van der Waals surface area contributed by atoms with Gasteiger partial charge in [-0.15, -0.1) is 11.6 Å². The fraction of sp³-hybridized carbons (Fsp3) is 0.500. The van der Waals surface area contributed by atoms with Crippen LogP contribution in [0.2, 0.25) is 0 Å². The Bertz CT molecular complexity index is 213. The average molecular weight is 199 g/mol. The molecule has 0 fully saturated rings. The van der Waals surface area contributed by atoms with Crippen LogP contribution in [0.25, 0.3) is 0 Å². The van der Waals surface area contributed by atoms with Gasteiger partial charge >= 0.3 is 0 Å². The zero-order valence-corrected chi connectivity index (χ0v) is 8.43. The van der Waals surface area contributed by atoms with Gasteiger partial charge in [0, 0.05) is 24.8 Å². The number of hydrogen-bond donors (Lipinski definition) is 1. The highest BCUT2D eigenvalue weighted by Crippen LogP contribution is 1.95. The molecule has 0 aromatic carbocycles. The molecule has 0 aliphatic heterocycles. The molecule has 0 saturated carbocycles. The van der Waals surface area contributed by atoms with E-state index in [0.717, 1.165) is 31.8 Å². The maximum atomic E-state index is 5.56. The van der Waals surface area contributed by atoms with Gasteiger partial charge in [-0.25, -0.2) is 0 Å². The lowest BCUT2D eigenvalue weighted by molar-refractivity contribution is 0.642. The van der Waals surface area contributed by atoms with Gasteiger partial charge in [-0.05, 0) is 31.0 Å². The third-order valence-electron chi connectivity index (χ3n) is 1.79. The summed E-state index contributed by atoms with van der Waals surface area (Å²) in [7, 11) is 0. The molecular formula is C10H15ClN2. The summed E-state index contributed by atoms with van der Waals surface area (Å²) in [5.41, 5.74) is 1.23. The molecule has 1 aromatic rings. The first-order chi connectivity index (χ1) is 6.43. The Morgan fingerprint density at radius 3 is 3.00 bits per heavy atom. The van der Waals surface area contributed by atoms with Crippen LogP contribution in [0, 0.1) is 0 Å². The zero-order valence-electron chi connectivity index (χ0n) is 7.67. The maximum absolute atomic E-state index is 5.56. The van der Waals surface area contributed by atoms with Crippen molar-refractivity contribution in [3.63, 3.8) is 0 Å². The molecule has 0 amide bonds. The molecule has 0 unspecified atom stereocenters. The van der Waals surface area contributed by atoms with E-state index < -0.39 is 0 Å². The van der Waals surface area contributed by atoms with E-state index in [1.807, 2.05) is 12.3 Å². The van der Waals surface area contributed by atoms with Gasteiger partial charge in [0.15, 0.2) is 0 Å². The van der Waals surface area contributed by atoms with Crippen molar-refractivity contribution in [1.29, 1.82) is 0 Å². The van der Waals surface area contributed by atoms with Crippen LogP contribution >= 0.6 is 11.6 Å². The predicted octanol–water partition coefficient (Wildman–Crippen LogP) is 2.19. The van der Waals surface area contributed by atoms with Gasteiger partial charge in [0.05, 0.1) is 0 Å². The van der Waals surface area contributed by atoms with Gasteiger partial charge in [0.2, 0.25) is 0 Å². The molecule has 13 heavy (non-hydrogen) atoms. The van der Waals surface area contributed by atoms with Crippen molar-refractivity contribution in [2.45, 2.75) is 19.4 Å². The summed E-state index contributed by atoms with van der Waals surface area (Å²) in [5.74, 6) is 0.759. The Kier molecular flexibility index (Phi) is 5.54. The number of pyridine rings is 1. The average Bonchev–Trinajstić information content (AvgIpc) is 2.19. The summed E-state index contributed by atoms with van der Waals surface area (Å²) >= 11 is 5.56. The monoisotopic (exact) mass is 198 g/mol. The van der Waals surface area contributed by atoms with Gasteiger partial charge in [0.1, 0.15) is 0 Å². The number of nitrogens with zero attached hydrogens (tertiary/aromatic N) is 1. The minimum atomic E-state index is 0.759. The summed E-state index contributed by atoms with van der Waals surface area (Å²) in [6, 6.07) is 4.03. The molecule has 0 atom stereocenters. The molecule has 2 nitrogen and oxygen atoms in total. The number of rotatable bonds is 6. The number of unbranched alkanes of at least 4 members (excludes halogenated alkanes) is 1. The van der Waals surface area contributed by atoms with Crippen LogP contribution < -0.4 is 5.32 Å². The zero-order chi connectivity index (χ0) is 9.36. The molecule has 0 aliphatic carbocycles.